The van der Waals surface area contributed by atoms with Crippen LogP contribution >= 0.6 is 11.8 Å². The highest BCUT2D eigenvalue weighted by molar-refractivity contribution is 7.99. The zero-order chi connectivity index (χ0) is 29.4. The van der Waals surface area contributed by atoms with Crippen molar-refractivity contribution >= 4 is 23.4 Å². The summed E-state index contributed by atoms with van der Waals surface area (Å²) in [5, 5.41) is 21.4. The molecule has 0 saturated heterocycles. The van der Waals surface area contributed by atoms with Crippen LogP contribution in [0.2, 0.25) is 0 Å². The highest BCUT2D eigenvalue weighted by Gasteiger charge is 2.72. The smallest absolute Gasteiger partial charge is 0.380 e. The van der Waals surface area contributed by atoms with Crippen LogP contribution in [0, 0.1) is 11.3 Å². The second-order valence-electron chi connectivity index (χ2n) is 8.75. The first-order valence-corrected chi connectivity index (χ1v) is 12.5. The van der Waals surface area contributed by atoms with Gasteiger partial charge in [0.15, 0.2) is 0 Å². The molecule has 0 spiro atoms. The lowest BCUT2D eigenvalue weighted by molar-refractivity contribution is -0.354. The molecule has 15 heteroatoms. The van der Waals surface area contributed by atoms with E-state index >= 15 is 0 Å². The zero-order valence-electron chi connectivity index (χ0n) is 20.1. The van der Waals surface area contributed by atoms with Gasteiger partial charge in [0, 0.05) is 12.1 Å². The van der Waals surface area contributed by atoms with Gasteiger partial charge in [0.2, 0.25) is 0 Å². The number of anilines is 1. The summed E-state index contributed by atoms with van der Waals surface area (Å²) in [6.07, 6.45) is -10.3. The first-order chi connectivity index (χ1) is 17.3. The number of hydrogen-bond donors (Lipinski definition) is 2. The molecule has 0 heterocycles. The fourth-order valence-electron chi connectivity index (χ4n) is 3.20. The second-order valence-corrected chi connectivity index (χ2v) is 9.98. The van der Waals surface area contributed by atoms with Crippen molar-refractivity contribution in [3.8, 4) is 6.07 Å². The molecule has 1 aromatic carbocycles. The number of unbranched alkanes of at least 4 members (excludes halogenated alkanes) is 4. The predicted octanol–water partition coefficient (Wildman–Crippen LogP) is 7.56. The Kier molecular flexibility index (Phi) is 11.8. The van der Waals surface area contributed by atoms with Crippen molar-refractivity contribution in [3.63, 3.8) is 0 Å². The minimum Gasteiger partial charge on any atom is -0.380 e. The lowest BCUT2D eigenvalue weighted by Crippen LogP contribution is -2.52. The zero-order valence-corrected chi connectivity index (χ0v) is 20.9. The van der Waals surface area contributed by atoms with Gasteiger partial charge in [-0.15, -0.1) is 0 Å². The molecule has 4 nitrogen and oxygen atoms in total. The summed E-state index contributed by atoms with van der Waals surface area (Å²) >= 11 is 0.823. The lowest BCUT2D eigenvalue weighted by Gasteiger charge is -2.28. The van der Waals surface area contributed by atoms with Crippen LogP contribution in [0.4, 0.5) is 49.6 Å². The van der Waals surface area contributed by atoms with E-state index in [1.165, 1.54) is 13.0 Å². The number of nitrogens with one attached hydrogen (secondary N) is 1. The number of hydrogen-bond acceptors (Lipinski definition) is 4. The molecule has 1 aromatic rings. The Labute approximate surface area is 216 Å². The summed E-state index contributed by atoms with van der Waals surface area (Å²) in [5.41, 5.74) is -4.02. The predicted molar refractivity (Wildman–Crippen MR) is 121 cm³/mol. The minimum absolute atomic E-state index is 0.0293. The molecule has 1 unspecified atom stereocenters. The van der Waals surface area contributed by atoms with Gasteiger partial charge in [0.25, 0.3) is 5.91 Å². The van der Waals surface area contributed by atoms with Crippen molar-refractivity contribution in [2.45, 2.75) is 81.7 Å². The summed E-state index contributed by atoms with van der Waals surface area (Å²) in [6.45, 7) is 1.19. The van der Waals surface area contributed by atoms with Crippen LogP contribution in [0.5, 0.6) is 0 Å². The van der Waals surface area contributed by atoms with Gasteiger partial charge in [-0.05, 0) is 49.5 Å². The summed E-state index contributed by atoms with van der Waals surface area (Å²) in [7, 11) is 0. The Balaban J connectivity index is 2.34. The maximum absolute atomic E-state index is 13.2. The number of alkyl halides is 10. The molecule has 38 heavy (non-hydrogen) atoms. The monoisotopic (exact) mass is 584 g/mol. The SMILES string of the molecule is CC(O)(CCCCCCCSCCC(F)(F)C(F)(F)C(F)(F)F)C(=O)Nc1ccc(C#N)c(C(F)(F)F)c1. The number of benzene rings is 1. The Morgan fingerprint density at radius 3 is 2.05 bits per heavy atom. The first-order valence-electron chi connectivity index (χ1n) is 11.3. The van der Waals surface area contributed by atoms with Gasteiger partial charge in [0.1, 0.15) is 5.60 Å². The third kappa shape index (κ3) is 9.52. The molecule has 0 aliphatic heterocycles. The number of aliphatic hydroxyl groups is 1. The van der Waals surface area contributed by atoms with Crippen LogP contribution in [0.1, 0.15) is 63.0 Å². The molecule has 0 aromatic heterocycles. The van der Waals surface area contributed by atoms with Crippen LogP contribution in [0.3, 0.4) is 0 Å². The summed E-state index contributed by atoms with van der Waals surface area (Å²) in [4.78, 5) is 12.3. The molecule has 0 aliphatic rings. The molecule has 0 bridgehead atoms. The molecule has 216 valence electrons. The minimum atomic E-state index is -6.34. The molecule has 0 fully saturated rings. The van der Waals surface area contributed by atoms with Crippen LogP contribution in [0.25, 0.3) is 0 Å². The Bertz CT molecular complexity index is 972. The van der Waals surface area contributed by atoms with Gasteiger partial charge < -0.3 is 10.4 Å². The number of nitrogens with zero attached hydrogens (tertiary/aromatic N) is 1. The van der Waals surface area contributed by atoms with E-state index in [0.29, 0.717) is 38.2 Å². The average molecular weight is 585 g/mol. The van der Waals surface area contributed by atoms with E-state index in [0.717, 1.165) is 23.9 Å². The van der Waals surface area contributed by atoms with E-state index in [-0.39, 0.29) is 17.9 Å². The Morgan fingerprint density at radius 1 is 0.921 bits per heavy atom. The maximum atomic E-state index is 13.2. The summed E-state index contributed by atoms with van der Waals surface area (Å²) < 4.78 is 127. The van der Waals surface area contributed by atoms with E-state index in [9.17, 15) is 53.8 Å². The highest BCUT2D eigenvalue weighted by Crippen LogP contribution is 2.48. The summed E-state index contributed by atoms with van der Waals surface area (Å²) in [6, 6.07) is 4.00. The molecule has 1 atom stereocenters. The quantitative estimate of drug-likeness (QED) is 0.175. The van der Waals surface area contributed by atoms with E-state index in [4.69, 9.17) is 5.26 Å². The van der Waals surface area contributed by atoms with Crippen molar-refractivity contribution in [2.24, 2.45) is 0 Å². The molecule has 1 rings (SSSR count). The van der Waals surface area contributed by atoms with Crippen molar-refractivity contribution in [1.29, 1.82) is 5.26 Å². The van der Waals surface area contributed by atoms with Crippen molar-refractivity contribution in [3.05, 3.63) is 29.3 Å². The van der Waals surface area contributed by atoms with Gasteiger partial charge >= 0.3 is 24.2 Å². The number of carbonyl (C=O) groups excluding carboxylic acids is 1. The second kappa shape index (κ2) is 13.2. The van der Waals surface area contributed by atoms with Crippen LogP contribution in [-0.2, 0) is 11.0 Å². The van der Waals surface area contributed by atoms with Gasteiger partial charge in [-0.3, -0.25) is 4.79 Å². The number of thioether (sulfide) groups is 1. The van der Waals surface area contributed by atoms with Gasteiger partial charge in [-0.2, -0.15) is 60.9 Å². The van der Waals surface area contributed by atoms with E-state index in [2.05, 4.69) is 5.32 Å². The molecule has 1 amide bonds. The van der Waals surface area contributed by atoms with Gasteiger partial charge in [-0.25, -0.2) is 0 Å². The number of rotatable bonds is 14. The Morgan fingerprint density at radius 2 is 1.50 bits per heavy atom. The number of carbonyl (C=O) groups is 1. The van der Waals surface area contributed by atoms with Crippen molar-refractivity contribution in [1.82, 2.24) is 0 Å². The molecular weight excluding hydrogens is 558 g/mol. The molecular formula is C23H26F10N2O2S. The largest absolute Gasteiger partial charge is 0.459 e. The lowest BCUT2D eigenvalue weighted by atomic mass is 9.96. The van der Waals surface area contributed by atoms with E-state index in [1.54, 1.807) is 0 Å². The third-order valence-corrected chi connectivity index (χ3v) is 6.59. The van der Waals surface area contributed by atoms with E-state index < -0.39 is 59.0 Å². The van der Waals surface area contributed by atoms with Gasteiger partial charge in [-0.1, -0.05) is 25.7 Å². The van der Waals surface area contributed by atoms with Gasteiger partial charge in [0.05, 0.1) is 17.2 Å². The fourth-order valence-corrected chi connectivity index (χ4v) is 4.22. The Hall–Kier alpha value is -2.21. The number of nitriles is 1. The van der Waals surface area contributed by atoms with Crippen molar-refractivity contribution < 1.29 is 53.8 Å². The van der Waals surface area contributed by atoms with Crippen LogP contribution in [0.15, 0.2) is 18.2 Å². The molecule has 0 radical (unpaired) electrons. The molecule has 0 aliphatic carbocycles. The summed E-state index contributed by atoms with van der Waals surface area (Å²) in [5.74, 6) is -12.6. The number of halogens is 10. The highest BCUT2D eigenvalue weighted by atomic mass is 32.2. The maximum Gasteiger partial charge on any atom is 0.459 e. The average Bonchev–Trinajstić information content (AvgIpc) is 2.78. The topological polar surface area (TPSA) is 73.1 Å². The first kappa shape index (κ1) is 33.8. The fraction of sp³-hybridized carbons (Fsp3) is 0.652. The van der Waals surface area contributed by atoms with Crippen molar-refractivity contribution in [2.75, 3.05) is 16.8 Å². The molecule has 0 saturated carbocycles. The molecule has 2 N–H and O–H groups in total. The van der Waals surface area contributed by atoms with Crippen LogP contribution < -0.4 is 5.32 Å². The normalized spacial score (nSPS) is 14.6. The third-order valence-electron chi connectivity index (χ3n) is 5.52. The standard InChI is InChI=1S/C23H26F10N2O2S/c1-19(37,18(36)35-16-8-7-15(14-34)17(13-16)21(26,27)28)9-5-3-2-4-6-11-38-12-10-20(24,25)22(29,30)23(31,32)33/h7-8,13,37H,2-6,9-12H2,1H3,(H,35,36). The van der Waals surface area contributed by atoms with Crippen LogP contribution in [-0.4, -0.2) is 46.1 Å². The van der Waals surface area contributed by atoms with E-state index in [1.807, 2.05) is 0 Å². The number of amides is 1.